The predicted octanol–water partition coefficient (Wildman–Crippen LogP) is 1.24. The number of carboxylic acid groups (broad SMARTS) is 1. The number of aromatic nitrogens is 2. The lowest BCUT2D eigenvalue weighted by molar-refractivity contribution is -0.149. The first-order valence-corrected chi connectivity index (χ1v) is 10.9. The number of nitrogens with one attached hydrogen (secondary N) is 1. The fraction of sp³-hybridized carbons (Fsp3) is 0.714. The van der Waals surface area contributed by atoms with Crippen LogP contribution in [0.4, 0.5) is 5.95 Å². The van der Waals surface area contributed by atoms with Gasteiger partial charge in [-0.25, -0.2) is 9.97 Å². The second-order valence-electron chi connectivity index (χ2n) is 8.60. The predicted molar refractivity (Wildman–Crippen MR) is 108 cm³/mol. The Labute approximate surface area is 171 Å². The van der Waals surface area contributed by atoms with Crippen molar-refractivity contribution in [1.29, 1.82) is 0 Å². The van der Waals surface area contributed by atoms with E-state index in [2.05, 4.69) is 25.1 Å². The molecule has 2 aliphatic carbocycles. The molecule has 0 aromatic carbocycles. The van der Waals surface area contributed by atoms with Gasteiger partial charge in [-0.1, -0.05) is 0 Å². The normalized spacial score (nSPS) is 29.2. The van der Waals surface area contributed by atoms with Crippen LogP contribution in [0.1, 0.15) is 32.1 Å². The Balaban J connectivity index is 1.12. The molecule has 2 saturated carbocycles. The van der Waals surface area contributed by atoms with Crippen LogP contribution in [0, 0.1) is 23.7 Å². The van der Waals surface area contributed by atoms with Gasteiger partial charge in [0.05, 0.1) is 11.8 Å². The van der Waals surface area contributed by atoms with Crippen LogP contribution < -0.4 is 10.2 Å². The molecule has 4 atom stereocenters. The number of carboxylic acids is 1. The minimum Gasteiger partial charge on any atom is -0.481 e. The smallest absolute Gasteiger partial charge is 0.307 e. The number of nitrogens with zero attached hydrogens (tertiary/aromatic N) is 4. The molecule has 2 heterocycles. The number of rotatable bonds is 8. The van der Waals surface area contributed by atoms with E-state index < -0.39 is 11.9 Å². The molecule has 3 fully saturated rings. The van der Waals surface area contributed by atoms with Crippen molar-refractivity contribution >= 4 is 17.8 Å². The van der Waals surface area contributed by atoms with Crippen molar-refractivity contribution in [3.8, 4) is 0 Å². The highest BCUT2D eigenvalue weighted by atomic mass is 16.4. The zero-order valence-corrected chi connectivity index (χ0v) is 16.9. The summed E-state index contributed by atoms with van der Waals surface area (Å²) < 4.78 is 0. The number of carbonyl (C=O) groups excluding carboxylic acids is 1. The van der Waals surface area contributed by atoms with Crippen molar-refractivity contribution in [2.75, 3.05) is 44.2 Å². The standard InChI is InChI=1S/C21H31N5O3/c27-19(17-15-4-5-16(14-15)18(17)20(28)29)22-6-1-2-9-25-10-12-26(13-11-25)21-23-7-3-8-24-21/h3,7-8,15-18H,1-2,4-6,9-14H2,(H,22,27)(H,28,29)/t15-,16+,17+,18-/m1/s1. The third-order valence-corrected chi connectivity index (χ3v) is 6.91. The third-order valence-electron chi connectivity index (χ3n) is 6.91. The van der Waals surface area contributed by atoms with E-state index in [-0.39, 0.29) is 23.7 Å². The number of aliphatic carboxylic acids is 1. The van der Waals surface area contributed by atoms with Crippen LogP contribution in [0.15, 0.2) is 18.5 Å². The van der Waals surface area contributed by atoms with Crippen molar-refractivity contribution in [1.82, 2.24) is 20.2 Å². The summed E-state index contributed by atoms with van der Waals surface area (Å²) in [5.41, 5.74) is 0. The summed E-state index contributed by atoms with van der Waals surface area (Å²) >= 11 is 0. The number of fused-ring (bicyclic) bond motifs is 2. The molecule has 0 unspecified atom stereocenters. The van der Waals surface area contributed by atoms with Crippen LogP contribution in [0.3, 0.4) is 0 Å². The van der Waals surface area contributed by atoms with Crippen molar-refractivity contribution in [2.45, 2.75) is 32.1 Å². The van der Waals surface area contributed by atoms with Gasteiger partial charge in [-0.3, -0.25) is 14.5 Å². The molecule has 1 saturated heterocycles. The maximum atomic E-state index is 12.6. The summed E-state index contributed by atoms with van der Waals surface area (Å²) in [5.74, 6) is -0.356. The molecule has 1 aliphatic heterocycles. The first kappa shape index (κ1) is 20.1. The fourth-order valence-electron chi connectivity index (χ4n) is 5.44. The van der Waals surface area contributed by atoms with E-state index in [1.54, 1.807) is 12.4 Å². The van der Waals surface area contributed by atoms with E-state index in [4.69, 9.17) is 0 Å². The SMILES string of the molecule is O=C(O)[C@@H]1[C@H]2CC[C@H](C2)[C@@H]1C(=O)NCCCCN1CCN(c2ncccn2)CC1. The molecule has 2 N–H and O–H groups in total. The van der Waals surface area contributed by atoms with Crippen LogP contribution in [-0.2, 0) is 9.59 Å². The summed E-state index contributed by atoms with van der Waals surface area (Å²) in [6.45, 7) is 5.51. The monoisotopic (exact) mass is 401 g/mol. The second kappa shape index (κ2) is 9.07. The molecule has 29 heavy (non-hydrogen) atoms. The van der Waals surface area contributed by atoms with Gasteiger partial charge in [0.15, 0.2) is 0 Å². The molecule has 2 bridgehead atoms. The van der Waals surface area contributed by atoms with Gasteiger partial charge < -0.3 is 15.3 Å². The lowest BCUT2D eigenvalue weighted by Crippen LogP contribution is -2.47. The summed E-state index contributed by atoms with van der Waals surface area (Å²) in [6, 6.07) is 1.83. The van der Waals surface area contributed by atoms with E-state index >= 15 is 0 Å². The second-order valence-corrected chi connectivity index (χ2v) is 8.60. The van der Waals surface area contributed by atoms with E-state index in [0.29, 0.717) is 6.54 Å². The Hall–Kier alpha value is -2.22. The van der Waals surface area contributed by atoms with Crippen LogP contribution in [-0.4, -0.2) is 71.1 Å². The average molecular weight is 402 g/mol. The number of unbranched alkanes of at least 4 members (excludes halogenated alkanes) is 1. The lowest BCUT2D eigenvalue weighted by Gasteiger charge is -2.34. The lowest BCUT2D eigenvalue weighted by atomic mass is 9.78. The number of anilines is 1. The van der Waals surface area contributed by atoms with Crippen molar-refractivity contribution in [2.24, 2.45) is 23.7 Å². The fourth-order valence-corrected chi connectivity index (χ4v) is 5.44. The Morgan fingerprint density at radius 2 is 1.72 bits per heavy atom. The summed E-state index contributed by atoms with van der Waals surface area (Å²) in [5, 5.41) is 12.5. The number of hydrogen-bond acceptors (Lipinski definition) is 6. The molecule has 0 radical (unpaired) electrons. The maximum Gasteiger partial charge on any atom is 0.307 e. The summed E-state index contributed by atoms with van der Waals surface area (Å²) in [4.78, 5) is 37.4. The molecule has 0 spiro atoms. The number of hydrogen-bond donors (Lipinski definition) is 2. The van der Waals surface area contributed by atoms with Gasteiger partial charge >= 0.3 is 5.97 Å². The van der Waals surface area contributed by atoms with Crippen molar-refractivity contribution in [3.05, 3.63) is 18.5 Å². The highest BCUT2D eigenvalue weighted by molar-refractivity contribution is 5.86. The molecule has 3 aliphatic rings. The van der Waals surface area contributed by atoms with Crippen LogP contribution in [0.25, 0.3) is 0 Å². The molecular weight excluding hydrogens is 370 g/mol. The topological polar surface area (TPSA) is 98.7 Å². The molecule has 1 aromatic heterocycles. The zero-order chi connectivity index (χ0) is 20.2. The van der Waals surface area contributed by atoms with Crippen LogP contribution >= 0.6 is 0 Å². The van der Waals surface area contributed by atoms with Gasteiger partial charge in [0.25, 0.3) is 0 Å². The van der Waals surface area contributed by atoms with E-state index in [1.165, 1.54) is 0 Å². The van der Waals surface area contributed by atoms with Crippen molar-refractivity contribution in [3.63, 3.8) is 0 Å². The Morgan fingerprint density at radius 3 is 2.41 bits per heavy atom. The zero-order valence-electron chi connectivity index (χ0n) is 16.9. The first-order chi connectivity index (χ1) is 14.1. The number of amides is 1. The van der Waals surface area contributed by atoms with Crippen LogP contribution in [0.2, 0.25) is 0 Å². The highest BCUT2D eigenvalue weighted by Crippen LogP contribution is 2.52. The highest BCUT2D eigenvalue weighted by Gasteiger charge is 2.53. The Kier molecular flexibility index (Phi) is 6.28. The van der Waals surface area contributed by atoms with Gasteiger partial charge in [0.2, 0.25) is 11.9 Å². The molecule has 4 rings (SSSR count). The number of carbonyl (C=O) groups is 2. The molecular formula is C21H31N5O3. The van der Waals surface area contributed by atoms with Gasteiger partial charge in [-0.2, -0.15) is 0 Å². The van der Waals surface area contributed by atoms with Crippen LogP contribution in [0.5, 0.6) is 0 Å². The Morgan fingerprint density at radius 1 is 1.03 bits per heavy atom. The third kappa shape index (κ3) is 4.52. The quantitative estimate of drug-likeness (QED) is 0.633. The van der Waals surface area contributed by atoms with E-state index in [1.807, 2.05) is 6.07 Å². The van der Waals surface area contributed by atoms with Gasteiger partial charge in [0, 0.05) is 45.1 Å². The van der Waals surface area contributed by atoms with Gasteiger partial charge in [-0.15, -0.1) is 0 Å². The van der Waals surface area contributed by atoms with Gasteiger partial charge in [-0.05, 0) is 56.6 Å². The molecule has 1 amide bonds. The van der Waals surface area contributed by atoms with Gasteiger partial charge in [0.1, 0.15) is 0 Å². The largest absolute Gasteiger partial charge is 0.481 e. The minimum atomic E-state index is -0.794. The average Bonchev–Trinajstić information content (AvgIpc) is 3.36. The van der Waals surface area contributed by atoms with Crippen molar-refractivity contribution < 1.29 is 14.7 Å². The summed E-state index contributed by atoms with van der Waals surface area (Å²) in [7, 11) is 0. The van der Waals surface area contributed by atoms with E-state index in [0.717, 1.165) is 70.8 Å². The maximum absolute atomic E-state index is 12.6. The minimum absolute atomic E-state index is 0.0407. The molecule has 8 nitrogen and oxygen atoms in total. The van der Waals surface area contributed by atoms with E-state index in [9.17, 15) is 14.7 Å². The summed E-state index contributed by atoms with van der Waals surface area (Å²) in [6.07, 6.45) is 8.39. The molecule has 1 aromatic rings. The molecule has 8 heteroatoms. The number of piperazine rings is 1. The molecule has 158 valence electrons. The Bertz CT molecular complexity index is 708. The first-order valence-electron chi connectivity index (χ1n) is 10.9.